The fraction of sp³-hybridized carbons (Fsp3) is 0.143. The molecule has 0 aliphatic heterocycles. The average molecular weight is 436 g/mol. The molecule has 162 valence electrons. The van der Waals surface area contributed by atoms with Crippen molar-refractivity contribution in [3.8, 4) is 23.1 Å². The number of unbranched alkanes of at least 4 members (excludes halogenated alkanes) is 1. The zero-order chi connectivity index (χ0) is 22.6. The summed E-state index contributed by atoms with van der Waals surface area (Å²) in [5.74, 6) is -0.328. The minimum Gasteiger partial charge on any atom is -0.492 e. The third kappa shape index (κ3) is 3.92. The molecule has 0 bridgehead atoms. The van der Waals surface area contributed by atoms with Crippen molar-refractivity contribution < 1.29 is 9.13 Å². The first-order valence-electron chi connectivity index (χ1n) is 11.0. The second-order valence-electron chi connectivity index (χ2n) is 7.87. The van der Waals surface area contributed by atoms with Gasteiger partial charge in [0.2, 0.25) is 0 Å². The summed E-state index contributed by atoms with van der Waals surface area (Å²) in [7, 11) is 0. The van der Waals surface area contributed by atoms with Crippen LogP contribution in [-0.4, -0.2) is 16.2 Å². The van der Waals surface area contributed by atoms with Gasteiger partial charge in [0.25, 0.3) is 0 Å². The summed E-state index contributed by atoms with van der Waals surface area (Å²) in [6.07, 6.45) is 3.29. The van der Waals surface area contributed by atoms with Crippen molar-refractivity contribution >= 4 is 21.8 Å². The summed E-state index contributed by atoms with van der Waals surface area (Å²) in [6.45, 7) is 1.27. The van der Waals surface area contributed by atoms with Crippen molar-refractivity contribution in [2.45, 2.75) is 19.4 Å². The van der Waals surface area contributed by atoms with Crippen LogP contribution in [0.2, 0.25) is 0 Å². The summed E-state index contributed by atoms with van der Waals surface area (Å²) in [5, 5.41) is 12.0. The lowest BCUT2D eigenvalue weighted by molar-refractivity contribution is 0.301. The third-order valence-electron chi connectivity index (χ3n) is 5.87. The Labute approximate surface area is 191 Å². The molecular formula is C28H22FN3O. The van der Waals surface area contributed by atoms with E-state index >= 15 is 0 Å². The number of aryl methyl sites for hydroxylation is 1. The maximum Gasteiger partial charge on any atom is 0.154 e. The van der Waals surface area contributed by atoms with E-state index in [0.29, 0.717) is 17.9 Å². The van der Waals surface area contributed by atoms with Gasteiger partial charge in [0.1, 0.15) is 17.4 Å². The molecule has 0 spiro atoms. The summed E-state index contributed by atoms with van der Waals surface area (Å²) in [5.41, 5.74) is 3.15. The Morgan fingerprint density at radius 2 is 1.55 bits per heavy atom. The van der Waals surface area contributed by atoms with Crippen LogP contribution in [0, 0.1) is 17.1 Å². The molecule has 0 aliphatic rings. The topological polar surface area (TPSA) is 50.8 Å². The Morgan fingerprint density at radius 3 is 2.21 bits per heavy atom. The Hall–Kier alpha value is -4.17. The molecule has 0 atom stereocenters. The van der Waals surface area contributed by atoms with Crippen molar-refractivity contribution in [1.82, 2.24) is 9.55 Å². The van der Waals surface area contributed by atoms with Crippen LogP contribution in [0.3, 0.4) is 0 Å². The Morgan fingerprint density at radius 1 is 0.848 bits per heavy atom. The van der Waals surface area contributed by atoms with Gasteiger partial charge in [-0.15, -0.1) is 0 Å². The number of aromatic nitrogens is 2. The largest absolute Gasteiger partial charge is 0.492 e. The molecule has 5 aromatic rings. The molecule has 0 unspecified atom stereocenters. The van der Waals surface area contributed by atoms with Crippen LogP contribution >= 0.6 is 0 Å². The van der Waals surface area contributed by atoms with Gasteiger partial charge in [0, 0.05) is 40.1 Å². The number of hydrogen-bond acceptors (Lipinski definition) is 3. The number of para-hydroxylation sites is 2. The molecule has 4 nitrogen and oxygen atoms in total. The molecule has 5 heteroatoms. The van der Waals surface area contributed by atoms with Gasteiger partial charge in [0.05, 0.1) is 12.3 Å². The lowest BCUT2D eigenvalue weighted by Crippen LogP contribution is -2.04. The van der Waals surface area contributed by atoms with Crippen LogP contribution in [0.1, 0.15) is 18.4 Å². The molecule has 2 heterocycles. The van der Waals surface area contributed by atoms with E-state index in [-0.39, 0.29) is 11.3 Å². The maximum absolute atomic E-state index is 14.9. The lowest BCUT2D eigenvalue weighted by atomic mass is 10.1. The second kappa shape index (κ2) is 9.13. The van der Waals surface area contributed by atoms with E-state index in [4.69, 9.17) is 4.74 Å². The van der Waals surface area contributed by atoms with Crippen molar-refractivity contribution in [2.75, 3.05) is 6.61 Å². The van der Waals surface area contributed by atoms with Gasteiger partial charge in [0.15, 0.2) is 5.82 Å². The zero-order valence-corrected chi connectivity index (χ0v) is 18.0. The molecule has 0 N–H and O–H groups in total. The van der Waals surface area contributed by atoms with Crippen molar-refractivity contribution in [3.05, 3.63) is 96.4 Å². The fourth-order valence-electron chi connectivity index (χ4n) is 4.30. The number of fused-ring (bicyclic) bond motifs is 3. The highest BCUT2D eigenvalue weighted by Crippen LogP contribution is 2.31. The molecule has 2 aromatic heterocycles. The predicted molar refractivity (Wildman–Crippen MR) is 129 cm³/mol. The van der Waals surface area contributed by atoms with E-state index in [1.54, 1.807) is 36.5 Å². The average Bonchev–Trinajstić information content (AvgIpc) is 3.18. The molecule has 33 heavy (non-hydrogen) atoms. The molecule has 0 saturated heterocycles. The number of nitrogens with zero attached hydrogens (tertiary/aromatic N) is 3. The minimum absolute atomic E-state index is 0.0828. The highest BCUT2D eigenvalue weighted by atomic mass is 19.1. The quantitative estimate of drug-likeness (QED) is 0.266. The van der Waals surface area contributed by atoms with E-state index in [1.807, 2.05) is 6.07 Å². The Bertz CT molecular complexity index is 1410. The smallest absolute Gasteiger partial charge is 0.154 e. The van der Waals surface area contributed by atoms with Gasteiger partial charge >= 0.3 is 0 Å². The molecule has 0 amide bonds. The van der Waals surface area contributed by atoms with Gasteiger partial charge in [-0.3, -0.25) is 4.98 Å². The zero-order valence-electron chi connectivity index (χ0n) is 18.0. The number of halogens is 1. The van der Waals surface area contributed by atoms with Gasteiger partial charge in [-0.05, 0) is 49.2 Å². The van der Waals surface area contributed by atoms with Crippen LogP contribution in [0.25, 0.3) is 33.1 Å². The number of pyridine rings is 1. The van der Waals surface area contributed by atoms with Gasteiger partial charge in [-0.1, -0.05) is 42.5 Å². The van der Waals surface area contributed by atoms with Crippen molar-refractivity contribution in [1.29, 1.82) is 5.26 Å². The first kappa shape index (κ1) is 20.7. The highest BCUT2D eigenvalue weighted by Gasteiger charge is 2.16. The summed E-state index contributed by atoms with van der Waals surface area (Å²) >= 11 is 0. The molecule has 0 saturated carbocycles. The van der Waals surface area contributed by atoms with Crippen LogP contribution in [0.4, 0.5) is 4.39 Å². The van der Waals surface area contributed by atoms with Crippen LogP contribution in [0.5, 0.6) is 5.75 Å². The molecule has 5 rings (SSSR count). The van der Waals surface area contributed by atoms with E-state index < -0.39 is 5.82 Å². The molecule has 0 radical (unpaired) electrons. The van der Waals surface area contributed by atoms with E-state index in [1.165, 1.54) is 21.8 Å². The molecule has 0 fully saturated rings. The number of rotatable bonds is 7. The SMILES string of the molecule is N#Cc1c(OCCCCn2c3ccccc3c3ccccc32)ccc(-c2ccccn2)c1F. The highest BCUT2D eigenvalue weighted by molar-refractivity contribution is 6.07. The van der Waals surface area contributed by atoms with Crippen LogP contribution < -0.4 is 4.74 Å². The van der Waals surface area contributed by atoms with Gasteiger partial charge < -0.3 is 9.30 Å². The second-order valence-corrected chi connectivity index (χ2v) is 7.87. The number of ether oxygens (including phenoxy) is 1. The van der Waals surface area contributed by atoms with Gasteiger partial charge in [-0.25, -0.2) is 4.39 Å². The predicted octanol–water partition coefficient (Wildman–Crippen LogP) is 6.73. The summed E-state index contributed by atoms with van der Waals surface area (Å²) in [4.78, 5) is 4.18. The summed E-state index contributed by atoms with van der Waals surface area (Å²) < 4.78 is 23.1. The van der Waals surface area contributed by atoms with E-state index in [9.17, 15) is 9.65 Å². The normalized spacial score (nSPS) is 11.0. The molecule has 3 aromatic carbocycles. The Kier molecular flexibility index (Phi) is 5.73. The first-order valence-corrected chi connectivity index (χ1v) is 11.0. The van der Waals surface area contributed by atoms with Crippen molar-refractivity contribution in [2.24, 2.45) is 0 Å². The number of hydrogen-bond donors (Lipinski definition) is 0. The van der Waals surface area contributed by atoms with Crippen molar-refractivity contribution in [3.63, 3.8) is 0 Å². The van der Waals surface area contributed by atoms with Gasteiger partial charge in [-0.2, -0.15) is 5.26 Å². The minimum atomic E-state index is -0.598. The standard InChI is InChI=1S/C28H22FN3O/c29-28-22(24-11-5-6-16-31-24)14-15-27(23(28)19-30)33-18-8-7-17-32-25-12-3-1-9-20(25)21-10-2-4-13-26(21)32/h1-6,9-16H,7-8,17-18H2. The van der Waals surface area contributed by atoms with E-state index in [2.05, 4.69) is 58.1 Å². The Balaban J connectivity index is 1.27. The molecular weight excluding hydrogens is 413 g/mol. The van der Waals surface area contributed by atoms with E-state index in [0.717, 1.165) is 19.4 Å². The maximum atomic E-state index is 14.9. The lowest BCUT2D eigenvalue weighted by Gasteiger charge is -2.12. The summed E-state index contributed by atoms with van der Waals surface area (Å²) in [6, 6.07) is 27.4. The first-order chi connectivity index (χ1) is 16.3. The van der Waals surface area contributed by atoms with Crippen LogP contribution in [-0.2, 0) is 6.54 Å². The molecule has 0 aliphatic carbocycles. The fourth-order valence-corrected chi connectivity index (χ4v) is 4.30. The van der Waals surface area contributed by atoms with Crippen LogP contribution in [0.15, 0.2) is 85.1 Å². The number of nitriles is 1. The third-order valence-corrected chi connectivity index (χ3v) is 5.87. The monoisotopic (exact) mass is 435 g/mol. The number of benzene rings is 3.